The summed E-state index contributed by atoms with van der Waals surface area (Å²) in [5.74, 6) is 1.42. The zero-order valence-electron chi connectivity index (χ0n) is 18.9. The fraction of sp³-hybridized carbons (Fsp3) is 0.240. The fourth-order valence-corrected chi connectivity index (χ4v) is 4.95. The summed E-state index contributed by atoms with van der Waals surface area (Å²) >= 11 is 0. The molecule has 0 bridgehead atoms. The Hall–Kier alpha value is -3.56. The van der Waals surface area contributed by atoms with E-state index in [2.05, 4.69) is 10.0 Å². The zero-order valence-corrected chi connectivity index (χ0v) is 19.7. The van der Waals surface area contributed by atoms with Crippen LogP contribution in [0.25, 0.3) is 0 Å². The van der Waals surface area contributed by atoms with Gasteiger partial charge in [-0.05, 0) is 60.4 Å². The van der Waals surface area contributed by atoms with Crippen LogP contribution in [0, 0.1) is 6.92 Å². The molecule has 34 heavy (non-hydrogen) atoms. The van der Waals surface area contributed by atoms with Crippen molar-refractivity contribution >= 4 is 15.9 Å². The van der Waals surface area contributed by atoms with Gasteiger partial charge in [-0.3, -0.25) is 4.79 Å². The van der Waals surface area contributed by atoms with Gasteiger partial charge in [-0.15, -0.1) is 0 Å². The van der Waals surface area contributed by atoms with Crippen LogP contribution in [-0.4, -0.2) is 34.3 Å². The van der Waals surface area contributed by atoms with Gasteiger partial charge in [-0.2, -0.15) is 4.72 Å². The molecule has 0 saturated carbocycles. The molecule has 8 nitrogen and oxygen atoms in total. The van der Waals surface area contributed by atoms with Crippen molar-refractivity contribution in [1.82, 2.24) is 10.0 Å². The van der Waals surface area contributed by atoms with Crippen LogP contribution in [0.4, 0.5) is 0 Å². The van der Waals surface area contributed by atoms with Gasteiger partial charge < -0.3 is 19.5 Å². The Morgan fingerprint density at radius 3 is 2.50 bits per heavy atom. The lowest BCUT2D eigenvalue weighted by atomic mass is 10.1. The standard InChI is InChI=1S/C25H26N2O6S/c1-17-12-20(9-11-22(17)31-2)34(29,30)27-21(13-18-6-4-3-5-7-18)25(28)26-15-19-8-10-23-24(14-19)33-16-32-23/h3-12,14,21,27H,13,15-16H2,1-2H3,(H,26,28)/t21-/m1/s1. The Morgan fingerprint density at radius 1 is 1.00 bits per heavy atom. The smallest absolute Gasteiger partial charge is 0.241 e. The van der Waals surface area contributed by atoms with Gasteiger partial charge in [0.1, 0.15) is 11.8 Å². The number of carbonyl (C=O) groups excluding carboxylic acids is 1. The van der Waals surface area contributed by atoms with Crippen LogP contribution in [0.3, 0.4) is 0 Å². The van der Waals surface area contributed by atoms with E-state index in [0.29, 0.717) is 22.8 Å². The molecule has 0 spiro atoms. The Bertz CT molecular complexity index is 1280. The highest BCUT2D eigenvalue weighted by molar-refractivity contribution is 7.89. The van der Waals surface area contributed by atoms with Crippen molar-refractivity contribution in [3.05, 3.63) is 83.4 Å². The first-order valence-electron chi connectivity index (χ1n) is 10.7. The number of hydrogen-bond acceptors (Lipinski definition) is 6. The molecule has 0 aliphatic carbocycles. The molecule has 0 aromatic heterocycles. The van der Waals surface area contributed by atoms with Gasteiger partial charge >= 0.3 is 0 Å². The number of amides is 1. The maximum Gasteiger partial charge on any atom is 0.241 e. The number of aryl methyl sites for hydroxylation is 1. The van der Waals surface area contributed by atoms with Crippen molar-refractivity contribution in [3.8, 4) is 17.2 Å². The van der Waals surface area contributed by atoms with Crippen LogP contribution >= 0.6 is 0 Å². The van der Waals surface area contributed by atoms with Crippen LogP contribution in [0.2, 0.25) is 0 Å². The molecule has 2 N–H and O–H groups in total. The maximum atomic E-state index is 13.1. The zero-order chi connectivity index (χ0) is 24.1. The molecule has 9 heteroatoms. The maximum absolute atomic E-state index is 13.1. The van der Waals surface area contributed by atoms with Crippen molar-refractivity contribution < 1.29 is 27.4 Å². The second-order valence-corrected chi connectivity index (χ2v) is 9.61. The van der Waals surface area contributed by atoms with Crippen molar-refractivity contribution in [2.75, 3.05) is 13.9 Å². The summed E-state index contributed by atoms with van der Waals surface area (Å²) in [6, 6.07) is 18.2. The molecule has 1 aliphatic rings. The minimum atomic E-state index is -3.97. The Kier molecular flexibility index (Phi) is 7.04. The van der Waals surface area contributed by atoms with E-state index in [1.54, 1.807) is 25.1 Å². The van der Waals surface area contributed by atoms with Crippen molar-refractivity contribution in [2.45, 2.75) is 30.8 Å². The number of rotatable bonds is 9. The lowest BCUT2D eigenvalue weighted by Crippen LogP contribution is -2.47. The Balaban J connectivity index is 1.52. The first kappa shape index (κ1) is 23.6. The third-order valence-corrected chi connectivity index (χ3v) is 6.95. The Morgan fingerprint density at radius 2 is 1.76 bits per heavy atom. The van der Waals surface area contributed by atoms with E-state index in [-0.39, 0.29) is 24.7 Å². The molecule has 1 heterocycles. The summed E-state index contributed by atoms with van der Waals surface area (Å²) in [7, 11) is -2.44. The quantitative estimate of drug-likeness (QED) is 0.486. The first-order chi connectivity index (χ1) is 16.4. The van der Waals surface area contributed by atoms with Gasteiger partial charge in [0.05, 0.1) is 12.0 Å². The summed E-state index contributed by atoms with van der Waals surface area (Å²) in [4.78, 5) is 13.2. The predicted molar refractivity (Wildman–Crippen MR) is 126 cm³/mol. The molecule has 1 aliphatic heterocycles. The summed E-state index contributed by atoms with van der Waals surface area (Å²) < 4.78 is 44.7. The molecule has 0 fully saturated rings. The van der Waals surface area contributed by atoms with Gasteiger partial charge in [0, 0.05) is 6.54 Å². The van der Waals surface area contributed by atoms with Gasteiger partial charge in [0.25, 0.3) is 0 Å². The summed E-state index contributed by atoms with van der Waals surface area (Å²) in [6.07, 6.45) is 0.197. The van der Waals surface area contributed by atoms with Gasteiger partial charge in [0.2, 0.25) is 22.7 Å². The Labute approximate surface area is 198 Å². The number of benzene rings is 3. The fourth-order valence-electron chi connectivity index (χ4n) is 3.67. The van der Waals surface area contributed by atoms with Crippen LogP contribution in [0.5, 0.6) is 17.2 Å². The van der Waals surface area contributed by atoms with Crippen molar-refractivity contribution in [3.63, 3.8) is 0 Å². The van der Waals surface area contributed by atoms with Crippen LogP contribution in [-0.2, 0) is 27.8 Å². The second kappa shape index (κ2) is 10.1. The molecule has 0 saturated heterocycles. The minimum absolute atomic E-state index is 0.0624. The third-order valence-electron chi connectivity index (χ3n) is 5.48. The van der Waals surface area contributed by atoms with E-state index in [4.69, 9.17) is 14.2 Å². The highest BCUT2D eigenvalue weighted by atomic mass is 32.2. The van der Waals surface area contributed by atoms with Crippen LogP contribution in [0.15, 0.2) is 71.6 Å². The number of hydrogen-bond donors (Lipinski definition) is 2. The summed E-state index contributed by atoms with van der Waals surface area (Å²) in [5.41, 5.74) is 2.32. The molecule has 1 amide bonds. The number of sulfonamides is 1. The normalized spacial score (nSPS) is 13.4. The van der Waals surface area contributed by atoms with E-state index >= 15 is 0 Å². The van der Waals surface area contributed by atoms with E-state index in [0.717, 1.165) is 11.1 Å². The number of ether oxygens (including phenoxy) is 3. The molecular formula is C25H26N2O6S. The molecule has 178 valence electrons. The van der Waals surface area contributed by atoms with E-state index in [1.165, 1.54) is 19.2 Å². The van der Waals surface area contributed by atoms with Gasteiger partial charge in [0.15, 0.2) is 11.5 Å². The summed E-state index contributed by atoms with van der Waals surface area (Å²) in [6.45, 7) is 2.14. The number of carbonyl (C=O) groups is 1. The predicted octanol–water partition coefficient (Wildman–Crippen LogP) is 2.94. The SMILES string of the molecule is COc1ccc(S(=O)(=O)N[C@H](Cc2ccccc2)C(=O)NCc2ccc3c(c2)OCO3)cc1C. The largest absolute Gasteiger partial charge is 0.496 e. The average molecular weight is 483 g/mol. The van der Waals surface area contributed by atoms with E-state index in [9.17, 15) is 13.2 Å². The monoisotopic (exact) mass is 482 g/mol. The van der Waals surface area contributed by atoms with Crippen LogP contribution < -0.4 is 24.2 Å². The molecular weight excluding hydrogens is 456 g/mol. The second-order valence-electron chi connectivity index (χ2n) is 7.90. The highest BCUT2D eigenvalue weighted by Crippen LogP contribution is 2.32. The molecule has 3 aromatic carbocycles. The molecule has 4 rings (SSSR count). The van der Waals surface area contributed by atoms with E-state index in [1.807, 2.05) is 36.4 Å². The summed E-state index contributed by atoms with van der Waals surface area (Å²) in [5, 5.41) is 2.83. The number of methoxy groups -OCH3 is 1. The van der Waals surface area contributed by atoms with E-state index < -0.39 is 22.0 Å². The van der Waals surface area contributed by atoms with Crippen LogP contribution in [0.1, 0.15) is 16.7 Å². The lowest BCUT2D eigenvalue weighted by Gasteiger charge is -2.19. The third kappa shape index (κ3) is 5.49. The highest BCUT2D eigenvalue weighted by Gasteiger charge is 2.26. The van der Waals surface area contributed by atoms with Crippen molar-refractivity contribution in [2.24, 2.45) is 0 Å². The van der Waals surface area contributed by atoms with Gasteiger partial charge in [-0.1, -0.05) is 36.4 Å². The number of fused-ring (bicyclic) bond motifs is 1. The minimum Gasteiger partial charge on any atom is -0.496 e. The molecule has 1 atom stereocenters. The molecule has 3 aromatic rings. The first-order valence-corrected chi connectivity index (χ1v) is 12.2. The van der Waals surface area contributed by atoms with Gasteiger partial charge in [-0.25, -0.2) is 8.42 Å². The average Bonchev–Trinajstić information content (AvgIpc) is 3.30. The van der Waals surface area contributed by atoms with Crippen molar-refractivity contribution in [1.29, 1.82) is 0 Å². The molecule has 0 unspecified atom stereocenters. The topological polar surface area (TPSA) is 103 Å². The lowest BCUT2D eigenvalue weighted by molar-refractivity contribution is -0.122. The number of nitrogens with one attached hydrogen (secondary N) is 2. The molecule has 0 radical (unpaired) electrons.